The first-order valence-electron chi connectivity index (χ1n) is 4.69. The lowest BCUT2D eigenvalue weighted by molar-refractivity contribution is 0.684. The minimum absolute atomic E-state index is 0.675. The van der Waals surface area contributed by atoms with E-state index >= 15 is 0 Å². The molecule has 2 rings (SSSR count). The fourth-order valence-corrected chi connectivity index (χ4v) is 2.52. The van der Waals surface area contributed by atoms with Crippen LogP contribution in [0.5, 0.6) is 0 Å². The van der Waals surface area contributed by atoms with Gasteiger partial charge in [0.1, 0.15) is 0 Å². The molecule has 0 spiro atoms. The molecular formula is C12H12OS. The first-order chi connectivity index (χ1) is 6.83. The van der Waals surface area contributed by atoms with Crippen molar-refractivity contribution in [1.29, 1.82) is 0 Å². The average Bonchev–Trinajstić information content (AvgIpc) is 2.27. The van der Waals surface area contributed by atoms with E-state index in [1.807, 2.05) is 49.4 Å². The normalized spacial score (nSPS) is 12.9. The molecule has 0 fully saturated rings. The molecule has 0 aliphatic carbocycles. The van der Waals surface area contributed by atoms with Crippen LogP contribution in [0.1, 0.15) is 6.92 Å². The highest BCUT2D eigenvalue weighted by Gasteiger charge is 2.04. The molecule has 0 heterocycles. The Kier molecular flexibility index (Phi) is 2.64. The predicted molar refractivity (Wildman–Crippen MR) is 60.9 cm³/mol. The molecule has 0 radical (unpaired) electrons. The number of rotatable bonds is 2. The van der Waals surface area contributed by atoms with Crippen molar-refractivity contribution in [2.24, 2.45) is 0 Å². The molecule has 0 saturated heterocycles. The van der Waals surface area contributed by atoms with Crippen LogP contribution in [0.25, 0.3) is 10.8 Å². The van der Waals surface area contributed by atoms with Crippen LogP contribution < -0.4 is 0 Å². The lowest BCUT2D eigenvalue weighted by atomic mass is 10.1. The molecule has 0 N–H and O–H groups in total. The second-order valence-corrected chi connectivity index (χ2v) is 4.82. The minimum atomic E-state index is -0.865. The summed E-state index contributed by atoms with van der Waals surface area (Å²) in [5, 5.41) is 2.27. The lowest BCUT2D eigenvalue weighted by Gasteiger charge is -2.04. The third kappa shape index (κ3) is 1.58. The zero-order valence-electron chi connectivity index (χ0n) is 8.07. The maximum Gasteiger partial charge on any atom is 0.0533 e. The van der Waals surface area contributed by atoms with Crippen LogP contribution in [0.3, 0.4) is 0 Å². The molecule has 0 aliphatic heterocycles. The topological polar surface area (TPSA) is 17.1 Å². The van der Waals surface area contributed by atoms with E-state index in [0.29, 0.717) is 5.75 Å². The highest BCUT2D eigenvalue weighted by atomic mass is 32.2. The SMILES string of the molecule is CCS(=O)c1cccc2ccccc12. The van der Waals surface area contributed by atoms with Crippen molar-refractivity contribution < 1.29 is 4.21 Å². The number of benzene rings is 2. The molecule has 1 unspecified atom stereocenters. The van der Waals surface area contributed by atoms with Gasteiger partial charge in [-0.2, -0.15) is 0 Å². The summed E-state index contributed by atoms with van der Waals surface area (Å²) in [6.07, 6.45) is 0. The van der Waals surface area contributed by atoms with Gasteiger partial charge in [-0.3, -0.25) is 4.21 Å². The Morgan fingerprint density at radius 1 is 1.07 bits per heavy atom. The third-order valence-electron chi connectivity index (χ3n) is 2.26. The van der Waals surface area contributed by atoms with Crippen LogP contribution in [0.2, 0.25) is 0 Å². The van der Waals surface area contributed by atoms with Crippen molar-refractivity contribution in [1.82, 2.24) is 0 Å². The van der Waals surface area contributed by atoms with Gasteiger partial charge in [0.15, 0.2) is 0 Å². The van der Waals surface area contributed by atoms with E-state index in [2.05, 4.69) is 0 Å². The molecule has 2 aromatic rings. The van der Waals surface area contributed by atoms with Gasteiger partial charge in [0.25, 0.3) is 0 Å². The third-order valence-corrected chi connectivity index (χ3v) is 3.63. The van der Waals surface area contributed by atoms with E-state index in [-0.39, 0.29) is 0 Å². The summed E-state index contributed by atoms with van der Waals surface area (Å²) in [5.41, 5.74) is 0. The summed E-state index contributed by atoms with van der Waals surface area (Å²) in [6, 6.07) is 14.0. The summed E-state index contributed by atoms with van der Waals surface area (Å²) in [7, 11) is -0.865. The molecule has 1 nitrogen and oxygen atoms in total. The van der Waals surface area contributed by atoms with Gasteiger partial charge in [0.2, 0.25) is 0 Å². The molecule has 0 aliphatic rings. The summed E-state index contributed by atoms with van der Waals surface area (Å²) in [6.45, 7) is 1.94. The van der Waals surface area contributed by atoms with Crippen molar-refractivity contribution in [3.05, 3.63) is 42.5 Å². The molecular weight excluding hydrogens is 192 g/mol. The number of hydrogen-bond donors (Lipinski definition) is 0. The highest BCUT2D eigenvalue weighted by Crippen LogP contribution is 2.21. The van der Waals surface area contributed by atoms with Crippen LogP contribution in [-0.4, -0.2) is 9.96 Å². The van der Waals surface area contributed by atoms with Crippen LogP contribution in [0.15, 0.2) is 47.4 Å². The molecule has 2 heteroatoms. The zero-order valence-corrected chi connectivity index (χ0v) is 8.88. The van der Waals surface area contributed by atoms with Gasteiger partial charge in [-0.15, -0.1) is 0 Å². The van der Waals surface area contributed by atoms with Gasteiger partial charge in [0.05, 0.1) is 10.8 Å². The van der Waals surface area contributed by atoms with Gasteiger partial charge >= 0.3 is 0 Å². The monoisotopic (exact) mass is 204 g/mol. The summed E-state index contributed by atoms with van der Waals surface area (Å²) >= 11 is 0. The molecule has 14 heavy (non-hydrogen) atoms. The minimum Gasteiger partial charge on any atom is -0.254 e. The van der Waals surface area contributed by atoms with E-state index in [1.54, 1.807) is 0 Å². The predicted octanol–water partition coefficient (Wildman–Crippen LogP) is 2.97. The number of fused-ring (bicyclic) bond motifs is 1. The van der Waals surface area contributed by atoms with Crippen molar-refractivity contribution in [2.75, 3.05) is 5.75 Å². The van der Waals surface area contributed by atoms with Crippen molar-refractivity contribution in [3.63, 3.8) is 0 Å². The van der Waals surface area contributed by atoms with Crippen molar-refractivity contribution in [3.8, 4) is 0 Å². The maximum absolute atomic E-state index is 11.7. The smallest absolute Gasteiger partial charge is 0.0533 e. The van der Waals surface area contributed by atoms with E-state index < -0.39 is 10.8 Å². The average molecular weight is 204 g/mol. The molecule has 0 aromatic heterocycles. The van der Waals surface area contributed by atoms with Gasteiger partial charge < -0.3 is 0 Å². The lowest BCUT2D eigenvalue weighted by Crippen LogP contribution is -1.94. The molecule has 0 amide bonds. The maximum atomic E-state index is 11.7. The fraction of sp³-hybridized carbons (Fsp3) is 0.167. The van der Waals surface area contributed by atoms with Gasteiger partial charge in [0, 0.05) is 10.6 Å². The Balaban J connectivity index is 2.71. The zero-order chi connectivity index (χ0) is 9.97. The Hall–Kier alpha value is -1.15. The van der Waals surface area contributed by atoms with Crippen LogP contribution in [-0.2, 0) is 10.8 Å². The standard InChI is InChI=1S/C12H12OS/c1-2-14(13)12-9-5-7-10-6-3-4-8-11(10)12/h3-9H,2H2,1H3. The largest absolute Gasteiger partial charge is 0.254 e. The first kappa shape index (κ1) is 9.41. The molecule has 72 valence electrons. The second kappa shape index (κ2) is 3.93. The highest BCUT2D eigenvalue weighted by molar-refractivity contribution is 7.85. The molecule has 2 aromatic carbocycles. The summed E-state index contributed by atoms with van der Waals surface area (Å²) in [5.74, 6) is 0.675. The van der Waals surface area contributed by atoms with E-state index in [9.17, 15) is 4.21 Å². The van der Waals surface area contributed by atoms with Crippen LogP contribution in [0.4, 0.5) is 0 Å². The Bertz CT molecular complexity index is 471. The van der Waals surface area contributed by atoms with Gasteiger partial charge in [-0.1, -0.05) is 43.3 Å². The van der Waals surface area contributed by atoms with Gasteiger partial charge in [-0.25, -0.2) is 0 Å². The van der Waals surface area contributed by atoms with Crippen molar-refractivity contribution in [2.45, 2.75) is 11.8 Å². The van der Waals surface area contributed by atoms with Gasteiger partial charge in [-0.05, 0) is 16.8 Å². The van der Waals surface area contributed by atoms with Crippen LogP contribution in [0, 0.1) is 0 Å². The van der Waals surface area contributed by atoms with Crippen LogP contribution >= 0.6 is 0 Å². The van der Waals surface area contributed by atoms with E-state index in [0.717, 1.165) is 15.7 Å². The van der Waals surface area contributed by atoms with E-state index in [4.69, 9.17) is 0 Å². The Morgan fingerprint density at radius 2 is 1.79 bits per heavy atom. The first-order valence-corrected chi connectivity index (χ1v) is 6.01. The number of hydrogen-bond acceptors (Lipinski definition) is 1. The summed E-state index contributed by atoms with van der Waals surface area (Å²) in [4.78, 5) is 0.950. The van der Waals surface area contributed by atoms with Crippen molar-refractivity contribution >= 4 is 21.6 Å². The second-order valence-electron chi connectivity index (χ2n) is 3.11. The molecule has 0 bridgehead atoms. The molecule has 0 saturated carbocycles. The Morgan fingerprint density at radius 3 is 2.57 bits per heavy atom. The van der Waals surface area contributed by atoms with E-state index in [1.165, 1.54) is 0 Å². The Labute approximate surface area is 86.2 Å². The summed E-state index contributed by atoms with van der Waals surface area (Å²) < 4.78 is 11.7. The quantitative estimate of drug-likeness (QED) is 0.735. The molecule has 1 atom stereocenters. The fourth-order valence-electron chi connectivity index (χ4n) is 1.55.